The Balaban J connectivity index is 2.52. The lowest BCUT2D eigenvalue weighted by Crippen LogP contribution is -2.46. The highest BCUT2D eigenvalue weighted by molar-refractivity contribution is 5.32. The van der Waals surface area contributed by atoms with Crippen molar-refractivity contribution in [3.8, 4) is 0 Å². The molecule has 100 valence electrons. The summed E-state index contributed by atoms with van der Waals surface area (Å²) in [4.78, 5) is 0. The highest BCUT2D eigenvalue weighted by Gasteiger charge is 2.46. The van der Waals surface area contributed by atoms with Crippen LogP contribution in [0.1, 0.15) is 25.0 Å². The van der Waals surface area contributed by atoms with Crippen LogP contribution in [0.25, 0.3) is 0 Å². The van der Waals surface area contributed by atoms with Crippen molar-refractivity contribution in [1.82, 2.24) is 0 Å². The second kappa shape index (κ2) is 5.16. The molecule has 0 saturated carbocycles. The number of rotatable bonds is 4. The van der Waals surface area contributed by atoms with Gasteiger partial charge >= 0.3 is 0 Å². The standard InChI is InChI=1S/C17H20O2/c1-16(18,14-10-6-4-7-11-14)17(2,19-3)15-12-8-5-9-13-15/h4-13,18H,1-3H3/t16-,17-/m1/s1. The molecule has 2 aromatic carbocycles. The molecule has 2 heteroatoms. The fourth-order valence-electron chi connectivity index (χ4n) is 2.39. The van der Waals surface area contributed by atoms with E-state index >= 15 is 0 Å². The monoisotopic (exact) mass is 256 g/mol. The number of methoxy groups -OCH3 is 1. The molecular weight excluding hydrogens is 236 g/mol. The van der Waals surface area contributed by atoms with E-state index in [4.69, 9.17) is 4.74 Å². The van der Waals surface area contributed by atoms with Gasteiger partial charge in [-0.05, 0) is 25.0 Å². The van der Waals surface area contributed by atoms with E-state index in [1.54, 1.807) is 14.0 Å². The minimum absolute atomic E-state index is 0.810. The Morgan fingerprint density at radius 1 is 0.789 bits per heavy atom. The predicted molar refractivity (Wildman–Crippen MR) is 76.8 cm³/mol. The van der Waals surface area contributed by atoms with Crippen LogP contribution in [0, 0.1) is 0 Å². The molecule has 0 spiro atoms. The van der Waals surface area contributed by atoms with E-state index in [1.165, 1.54) is 0 Å². The highest BCUT2D eigenvalue weighted by atomic mass is 16.5. The second-order valence-corrected chi connectivity index (χ2v) is 5.04. The third-order valence-electron chi connectivity index (χ3n) is 4.00. The summed E-state index contributed by atoms with van der Waals surface area (Å²) in [5.41, 5.74) is -0.144. The molecule has 2 rings (SSSR count). The van der Waals surface area contributed by atoms with Crippen LogP contribution < -0.4 is 0 Å². The molecule has 0 aromatic heterocycles. The number of ether oxygens (including phenoxy) is 1. The first-order chi connectivity index (χ1) is 9.02. The number of hydrogen-bond donors (Lipinski definition) is 1. The molecule has 0 saturated heterocycles. The van der Waals surface area contributed by atoms with Gasteiger partial charge in [0.25, 0.3) is 0 Å². The molecule has 19 heavy (non-hydrogen) atoms. The fourth-order valence-corrected chi connectivity index (χ4v) is 2.39. The highest BCUT2D eigenvalue weighted by Crippen LogP contribution is 2.42. The first-order valence-electron chi connectivity index (χ1n) is 6.41. The van der Waals surface area contributed by atoms with Crippen LogP contribution in [-0.2, 0) is 15.9 Å². The topological polar surface area (TPSA) is 29.5 Å². The van der Waals surface area contributed by atoms with Gasteiger partial charge in [-0.3, -0.25) is 0 Å². The number of aliphatic hydroxyl groups is 1. The van der Waals surface area contributed by atoms with Crippen molar-refractivity contribution < 1.29 is 9.84 Å². The smallest absolute Gasteiger partial charge is 0.122 e. The lowest BCUT2D eigenvalue weighted by atomic mass is 9.75. The molecule has 2 nitrogen and oxygen atoms in total. The Kier molecular flexibility index (Phi) is 3.74. The summed E-state index contributed by atoms with van der Waals surface area (Å²) in [7, 11) is 1.63. The zero-order chi connectivity index (χ0) is 13.9. The van der Waals surface area contributed by atoms with Gasteiger partial charge in [0.05, 0.1) is 0 Å². The van der Waals surface area contributed by atoms with Crippen LogP contribution >= 0.6 is 0 Å². The molecular formula is C17H20O2. The van der Waals surface area contributed by atoms with Gasteiger partial charge in [-0.15, -0.1) is 0 Å². The maximum Gasteiger partial charge on any atom is 0.122 e. The summed E-state index contributed by atoms with van der Waals surface area (Å²) < 4.78 is 5.69. The summed E-state index contributed by atoms with van der Waals surface area (Å²) in [5.74, 6) is 0. The molecule has 1 N–H and O–H groups in total. The Morgan fingerprint density at radius 3 is 1.63 bits per heavy atom. The molecule has 0 aliphatic heterocycles. The molecule has 0 aliphatic rings. The Labute approximate surface area is 114 Å². The van der Waals surface area contributed by atoms with Crippen molar-refractivity contribution in [2.24, 2.45) is 0 Å². The number of hydrogen-bond acceptors (Lipinski definition) is 2. The number of benzene rings is 2. The van der Waals surface area contributed by atoms with Gasteiger partial charge in [-0.2, -0.15) is 0 Å². The van der Waals surface area contributed by atoms with Gasteiger partial charge in [0, 0.05) is 7.11 Å². The summed E-state index contributed by atoms with van der Waals surface area (Å²) in [6.07, 6.45) is 0. The molecule has 0 amide bonds. The van der Waals surface area contributed by atoms with Crippen molar-refractivity contribution in [1.29, 1.82) is 0 Å². The van der Waals surface area contributed by atoms with Gasteiger partial charge in [0.2, 0.25) is 0 Å². The van der Waals surface area contributed by atoms with Gasteiger partial charge in [-0.1, -0.05) is 60.7 Å². The quantitative estimate of drug-likeness (QED) is 0.907. The van der Waals surface area contributed by atoms with Crippen LogP contribution in [-0.4, -0.2) is 12.2 Å². The summed E-state index contributed by atoms with van der Waals surface area (Å²) in [5, 5.41) is 11.0. The third-order valence-corrected chi connectivity index (χ3v) is 4.00. The zero-order valence-corrected chi connectivity index (χ0v) is 11.6. The van der Waals surface area contributed by atoms with Crippen molar-refractivity contribution in [2.45, 2.75) is 25.0 Å². The van der Waals surface area contributed by atoms with Crippen LogP contribution in [0.15, 0.2) is 60.7 Å². The zero-order valence-electron chi connectivity index (χ0n) is 11.6. The second-order valence-electron chi connectivity index (χ2n) is 5.04. The molecule has 2 aromatic rings. The minimum atomic E-state index is -1.12. The van der Waals surface area contributed by atoms with E-state index in [2.05, 4.69) is 0 Å². The van der Waals surface area contributed by atoms with Gasteiger partial charge in [-0.25, -0.2) is 0 Å². The molecule has 2 atom stereocenters. The van der Waals surface area contributed by atoms with E-state index < -0.39 is 11.2 Å². The van der Waals surface area contributed by atoms with Crippen LogP contribution in [0.5, 0.6) is 0 Å². The Morgan fingerprint density at radius 2 is 1.21 bits per heavy atom. The van der Waals surface area contributed by atoms with Crippen LogP contribution in [0.2, 0.25) is 0 Å². The molecule has 0 fully saturated rings. The van der Waals surface area contributed by atoms with E-state index in [9.17, 15) is 5.11 Å². The molecule has 0 aliphatic carbocycles. The largest absolute Gasteiger partial charge is 0.382 e. The predicted octanol–water partition coefficient (Wildman–Crippen LogP) is 3.46. The first-order valence-corrected chi connectivity index (χ1v) is 6.41. The summed E-state index contributed by atoms with van der Waals surface area (Å²) in [6.45, 7) is 3.70. The van der Waals surface area contributed by atoms with Gasteiger partial charge in [0.15, 0.2) is 0 Å². The van der Waals surface area contributed by atoms with Gasteiger partial charge in [0.1, 0.15) is 11.2 Å². The lowest BCUT2D eigenvalue weighted by Gasteiger charge is -2.42. The van der Waals surface area contributed by atoms with E-state index in [0.717, 1.165) is 11.1 Å². The Hall–Kier alpha value is -1.64. The molecule has 0 heterocycles. The molecule has 0 bridgehead atoms. The van der Waals surface area contributed by atoms with E-state index in [1.807, 2.05) is 67.6 Å². The maximum absolute atomic E-state index is 11.0. The molecule has 0 unspecified atom stereocenters. The summed E-state index contributed by atoms with van der Waals surface area (Å²) >= 11 is 0. The Bertz CT molecular complexity index is 519. The minimum Gasteiger partial charge on any atom is -0.382 e. The van der Waals surface area contributed by atoms with Crippen molar-refractivity contribution in [3.05, 3.63) is 71.8 Å². The third kappa shape index (κ3) is 2.29. The lowest BCUT2D eigenvalue weighted by molar-refractivity contribution is -0.163. The fraction of sp³-hybridized carbons (Fsp3) is 0.294. The average molecular weight is 256 g/mol. The van der Waals surface area contributed by atoms with Crippen molar-refractivity contribution in [2.75, 3.05) is 7.11 Å². The van der Waals surface area contributed by atoms with E-state index in [0.29, 0.717) is 0 Å². The normalized spacial score (nSPS) is 17.5. The van der Waals surface area contributed by atoms with Gasteiger partial charge < -0.3 is 9.84 Å². The van der Waals surface area contributed by atoms with Crippen LogP contribution in [0.4, 0.5) is 0 Å². The van der Waals surface area contributed by atoms with E-state index in [-0.39, 0.29) is 0 Å². The SMILES string of the molecule is CO[C@](C)(c1ccccc1)[C@](C)(O)c1ccccc1. The maximum atomic E-state index is 11.0. The molecule has 0 radical (unpaired) electrons. The first kappa shape index (κ1) is 13.8. The van der Waals surface area contributed by atoms with Crippen molar-refractivity contribution in [3.63, 3.8) is 0 Å². The average Bonchev–Trinajstić information content (AvgIpc) is 2.48. The van der Waals surface area contributed by atoms with Crippen molar-refractivity contribution >= 4 is 0 Å². The summed E-state index contributed by atoms with van der Waals surface area (Å²) in [6, 6.07) is 19.4. The van der Waals surface area contributed by atoms with Crippen LogP contribution in [0.3, 0.4) is 0 Å².